The molecule has 1 aromatic carbocycles. The number of aryl methyl sites for hydroxylation is 2. The van der Waals surface area contributed by atoms with Crippen molar-refractivity contribution in [2.75, 3.05) is 6.54 Å². The molecule has 0 fully saturated rings. The molecule has 2 aromatic rings. The van der Waals surface area contributed by atoms with Crippen molar-refractivity contribution < 1.29 is 0 Å². The quantitative estimate of drug-likeness (QED) is 0.868. The van der Waals surface area contributed by atoms with Crippen LogP contribution >= 0.6 is 27.7 Å². The van der Waals surface area contributed by atoms with E-state index in [-0.39, 0.29) is 0 Å². The van der Waals surface area contributed by atoms with Gasteiger partial charge in [0.15, 0.2) is 0 Å². The first-order valence-corrected chi connectivity index (χ1v) is 8.33. The molecule has 1 N–H and O–H groups in total. The van der Waals surface area contributed by atoms with E-state index in [0.717, 1.165) is 21.7 Å². The molecule has 1 unspecified atom stereocenters. The number of rotatable bonds is 5. The van der Waals surface area contributed by atoms with Crippen molar-refractivity contribution in [1.82, 2.24) is 15.1 Å². The average molecular weight is 354 g/mol. The van der Waals surface area contributed by atoms with Gasteiger partial charge in [0.2, 0.25) is 0 Å². The fourth-order valence-electron chi connectivity index (χ4n) is 2.09. The van der Waals surface area contributed by atoms with Crippen LogP contribution in [0.5, 0.6) is 0 Å². The maximum absolute atomic E-state index is 4.38. The van der Waals surface area contributed by atoms with E-state index in [1.807, 2.05) is 18.7 Å². The molecule has 0 bridgehead atoms. The maximum atomic E-state index is 4.38. The summed E-state index contributed by atoms with van der Waals surface area (Å²) >= 11 is 5.41. The standard InChI is InChI=1S/C15H20BrN3S/c1-5-17-11(3)12-6-7-14(13(16)9-12)20-15-8-10(2)18-19(15)4/h6-9,11,17H,5H2,1-4H3. The number of hydrogen-bond donors (Lipinski definition) is 1. The van der Waals surface area contributed by atoms with Gasteiger partial charge < -0.3 is 5.32 Å². The second-order valence-electron chi connectivity index (χ2n) is 4.82. The third-order valence-electron chi connectivity index (χ3n) is 3.14. The highest BCUT2D eigenvalue weighted by molar-refractivity contribution is 9.10. The van der Waals surface area contributed by atoms with E-state index in [9.17, 15) is 0 Å². The van der Waals surface area contributed by atoms with Crippen LogP contribution in [-0.2, 0) is 7.05 Å². The van der Waals surface area contributed by atoms with Crippen LogP contribution in [0.2, 0.25) is 0 Å². The van der Waals surface area contributed by atoms with E-state index in [1.165, 1.54) is 10.5 Å². The minimum absolute atomic E-state index is 0.370. The van der Waals surface area contributed by atoms with Crippen molar-refractivity contribution in [3.8, 4) is 0 Å². The zero-order valence-electron chi connectivity index (χ0n) is 12.3. The van der Waals surface area contributed by atoms with E-state index in [1.54, 1.807) is 11.8 Å². The smallest absolute Gasteiger partial charge is 0.0987 e. The molecular formula is C15H20BrN3S. The lowest BCUT2D eigenvalue weighted by molar-refractivity contribution is 0.597. The van der Waals surface area contributed by atoms with Gasteiger partial charge in [0.1, 0.15) is 0 Å². The summed E-state index contributed by atoms with van der Waals surface area (Å²) in [4.78, 5) is 1.21. The molecule has 1 heterocycles. The van der Waals surface area contributed by atoms with Gasteiger partial charge in [-0.25, -0.2) is 0 Å². The van der Waals surface area contributed by atoms with E-state index in [4.69, 9.17) is 0 Å². The molecule has 3 nitrogen and oxygen atoms in total. The molecule has 108 valence electrons. The summed E-state index contributed by atoms with van der Waals surface area (Å²) in [6, 6.07) is 9.02. The fraction of sp³-hybridized carbons (Fsp3) is 0.400. The van der Waals surface area contributed by atoms with Gasteiger partial charge in [0.25, 0.3) is 0 Å². The lowest BCUT2D eigenvalue weighted by Crippen LogP contribution is -2.17. The van der Waals surface area contributed by atoms with Crippen LogP contribution in [-0.4, -0.2) is 16.3 Å². The van der Waals surface area contributed by atoms with Crippen molar-refractivity contribution in [3.63, 3.8) is 0 Å². The zero-order chi connectivity index (χ0) is 14.7. The lowest BCUT2D eigenvalue weighted by atomic mass is 10.1. The Labute approximate surface area is 133 Å². The number of nitrogens with zero attached hydrogens (tertiary/aromatic N) is 2. The highest BCUT2D eigenvalue weighted by atomic mass is 79.9. The summed E-state index contributed by atoms with van der Waals surface area (Å²) in [5.74, 6) is 0. The van der Waals surface area contributed by atoms with Crippen molar-refractivity contribution >= 4 is 27.7 Å². The molecule has 0 saturated heterocycles. The first-order valence-electron chi connectivity index (χ1n) is 6.72. The number of nitrogens with one attached hydrogen (secondary N) is 1. The first kappa shape index (κ1) is 15.6. The number of hydrogen-bond acceptors (Lipinski definition) is 3. The van der Waals surface area contributed by atoms with Crippen LogP contribution in [0.1, 0.15) is 31.1 Å². The molecule has 0 saturated carbocycles. The molecule has 20 heavy (non-hydrogen) atoms. The van der Waals surface area contributed by atoms with Crippen LogP contribution in [0.25, 0.3) is 0 Å². The van der Waals surface area contributed by atoms with Crippen LogP contribution in [0.15, 0.2) is 38.7 Å². The molecule has 5 heteroatoms. The largest absolute Gasteiger partial charge is 0.310 e. The van der Waals surface area contributed by atoms with Gasteiger partial charge in [-0.15, -0.1) is 0 Å². The van der Waals surface area contributed by atoms with Crippen LogP contribution < -0.4 is 5.32 Å². The average Bonchev–Trinajstić information content (AvgIpc) is 2.70. The van der Waals surface area contributed by atoms with Gasteiger partial charge in [0.05, 0.1) is 10.7 Å². The normalized spacial score (nSPS) is 12.7. The minimum atomic E-state index is 0.370. The first-order chi connectivity index (χ1) is 9.51. The molecule has 2 rings (SSSR count). The van der Waals surface area contributed by atoms with Crippen molar-refractivity contribution in [2.45, 2.75) is 36.7 Å². The summed E-state index contributed by atoms with van der Waals surface area (Å²) in [6.45, 7) is 7.30. The van der Waals surface area contributed by atoms with Crippen molar-refractivity contribution in [2.24, 2.45) is 7.05 Å². The molecular weight excluding hydrogens is 334 g/mol. The number of benzene rings is 1. The highest BCUT2D eigenvalue weighted by Crippen LogP contribution is 2.35. The zero-order valence-corrected chi connectivity index (χ0v) is 14.7. The van der Waals surface area contributed by atoms with Gasteiger partial charge >= 0.3 is 0 Å². The Morgan fingerprint density at radius 1 is 1.40 bits per heavy atom. The molecule has 0 radical (unpaired) electrons. The summed E-state index contributed by atoms with van der Waals surface area (Å²) < 4.78 is 3.05. The summed E-state index contributed by atoms with van der Waals surface area (Å²) in [6.07, 6.45) is 0. The third kappa shape index (κ3) is 3.65. The maximum Gasteiger partial charge on any atom is 0.0987 e. The Bertz CT molecular complexity index is 595. The molecule has 1 atom stereocenters. The summed E-state index contributed by atoms with van der Waals surface area (Å²) in [5.41, 5.74) is 2.34. The highest BCUT2D eigenvalue weighted by Gasteiger charge is 2.10. The van der Waals surface area contributed by atoms with Crippen LogP contribution in [0, 0.1) is 6.92 Å². The Morgan fingerprint density at radius 2 is 2.15 bits per heavy atom. The Balaban J connectivity index is 2.19. The molecule has 0 aliphatic carbocycles. The second kappa shape index (κ2) is 6.78. The summed E-state index contributed by atoms with van der Waals surface area (Å²) in [7, 11) is 1.98. The Morgan fingerprint density at radius 3 is 2.70 bits per heavy atom. The molecule has 0 aliphatic heterocycles. The van der Waals surface area contributed by atoms with Gasteiger partial charge in [0, 0.05) is 22.5 Å². The second-order valence-corrected chi connectivity index (χ2v) is 6.74. The topological polar surface area (TPSA) is 29.9 Å². The predicted octanol–water partition coefficient (Wildman–Crippen LogP) is 4.31. The third-order valence-corrected chi connectivity index (χ3v) is 5.23. The van der Waals surface area contributed by atoms with E-state index < -0.39 is 0 Å². The van der Waals surface area contributed by atoms with Gasteiger partial charge in [-0.3, -0.25) is 4.68 Å². The fourth-order valence-corrected chi connectivity index (χ4v) is 3.65. The SMILES string of the molecule is CCNC(C)c1ccc(Sc2cc(C)nn2C)c(Br)c1. The molecule has 0 amide bonds. The monoisotopic (exact) mass is 353 g/mol. The van der Waals surface area contributed by atoms with E-state index in [2.05, 4.69) is 64.5 Å². The van der Waals surface area contributed by atoms with E-state index in [0.29, 0.717) is 6.04 Å². The van der Waals surface area contributed by atoms with Crippen LogP contribution in [0.3, 0.4) is 0 Å². The van der Waals surface area contributed by atoms with E-state index >= 15 is 0 Å². The molecule has 1 aromatic heterocycles. The predicted molar refractivity (Wildman–Crippen MR) is 88.3 cm³/mol. The number of aromatic nitrogens is 2. The van der Waals surface area contributed by atoms with Crippen LogP contribution in [0.4, 0.5) is 0 Å². The Hall–Kier alpha value is -0.780. The summed E-state index contributed by atoms with van der Waals surface area (Å²) in [5, 5.41) is 8.96. The lowest BCUT2D eigenvalue weighted by Gasteiger charge is -2.14. The van der Waals surface area contributed by atoms with Gasteiger partial charge in [-0.1, -0.05) is 24.8 Å². The van der Waals surface area contributed by atoms with Crippen molar-refractivity contribution in [3.05, 3.63) is 40.0 Å². The van der Waals surface area contributed by atoms with Crippen molar-refractivity contribution in [1.29, 1.82) is 0 Å². The Kier molecular flexibility index (Phi) is 5.29. The molecule has 0 spiro atoms. The van der Waals surface area contributed by atoms with Gasteiger partial charge in [-0.05, 0) is 60.1 Å². The molecule has 0 aliphatic rings. The number of halogens is 1. The minimum Gasteiger partial charge on any atom is -0.310 e. The van der Waals surface area contributed by atoms with Gasteiger partial charge in [-0.2, -0.15) is 5.10 Å².